The van der Waals surface area contributed by atoms with Gasteiger partial charge in [-0.15, -0.1) is 0 Å². The molecule has 2 N–H and O–H groups in total. The minimum atomic E-state index is -0.307. The third-order valence-corrected chi connectivity index (χ3v) is 3.67. The fourth-order valence-corrected chi connectivity index (χ4v) is 2.18. The van der Waals surface area contributed by atoms with Gasteiger partial charge in [0, 0.05) is 19.0 Å². The second-order valence-corrected chi connectivity index (χ2v) is 6.11. The van der Waals surface area contributed by atoms with E-state index in [1.54, 1.807) is 36.4 Å². The molecule has 26 heavy (non-hydrogen) atoms. The van der Waals surface area contributed by atoms with Crippen molar-refractivity contribution in [1.82, 2.24) is 10.6 Å². The van der Waals surface area contributed by atoms with Crippen molar-refractivity contribution in [3.63, 3.8) is 0 Å². The maximum atomic E-state index is 12.9. The van der Waals surface area contributed by atoms with Crippen LogP contribution in [0.4, 0.5) is 4.39 Å². The van der Waals surface area contributed by atoms with E-state index in [0.717, 1.165) is 5.56 Å². The average Bonchev–Trinajstić information content (AvgIpc) is 2.64. The Morgan fingerprint density at radius 1 is 1.00 bits per heavy atom. The zero-order valence-corrected chi connectivity index (χ0v) is 14.9. The summed E-state index contributed by atoms with van der Waals surface area (Å²) in [6.07, 6.45) is 0. The van der Waals surface area contributed by atoms with Crippen LogP contribution >= 0.6 is 0 Å². The average molecular weight is 358 g/mol. The highest BCUT2D eigenvalue weighted by molar-refractivity contribution is 5.96. The molecule has 0 bridgehead atoms. The molecule has 0 unspecified atom stereocenters. The highest BCUT2D eigenvalue weighted by atomic mass is 19.1. The van der Waals surface area contributed by atoms with E-state index in [1.165, 1.54) is 12.1 Å². The molecule has 0 aliphatic carbocycles. The fourth-order valence-electron chi connectivity index (χ4n) is 2.18. The lowest BCUT2D eigenvalue weighted by Gasteiger charge is -2.12. The molecule has 0 saturated carbocycles. The molecule has 138 valence electrons. The lowest BCUT2D eigenvalue weighted by molar-refractivity contribution is -0.123. The summed E-state index contributed by atoms with van der Waals surface area (Å²) in [5.74, 6) is -0.286. The van der Waals surface area contributed by atoms with Crippen molar-refractivity contribution in [3.8, 4) is 5.75 Å². The number of carbonyl (C=O) groups excluding carboxylic acids is 2. The fraction of sp³-hybridized carbons (Fsp3) is 0.300. The first-order valence-corrected chi connectivity index (χ1v) is 8.49. The van der Waals surface area contributed by atoms with Gasteiger partial charge in [0.15, 0.2) is 0 Å². The number of para-hydroxylation sites is 1. The third-order valence-electron chi connectivity index (χ3n) is 3.67. The SMILES string of the molecule is CC(C)C(=O)NCCNC(=O)c1ccccc1OCc1ccc(F)cc1. The highest BCUT2D eigenvalue weighted by Gasteiger charge is 2.12. The van der Waals surface area contributed by atoms with Crippen LogP contribution in [0.1, 0.15) is 29.8 Å². The van der Waals surface area contributed by atoms with Crippen LogP contribution in [0.2, 0.25) is 0 Å². The second kappa shape index (κ2) is 9.56. The van der Waals surface area contributed by atoms with E-state index in [0.29, 0.717) is 24.4 Å². The lowest BCUT2D eigenvalue weighted by Crippen LogP contribution is -2.36. The summed E-state index contributed by atoms with van der Waals surface area (Å²) in [5, 5.41) is 5.50. The van der Waals surface area contributed by atoms with E-state index in [1.807, 2.05) is 13.8 Å². The van der Waals surface area contributed by atoms with Crippen molar-refractivity contribution >= 4 is 11.8 Å². The molecule has 0 fully saturated rings. The third kappa shape index (κ3) is 5.88. The van der Waals surface area contributed by atoms with Crippen molar-refractivity contribution in [2.24, 2.45) is 5.92 Å². The summed E-state index contributed by atoms with van der Waals surface area (Å²) in [7, 11) is 0. The molecule has 2 aromatic carbocycles. The number of ether oxygens (including phenoxy) is 1. The van der Waals surface area contributed by atoms with Crippen molar-refractivity contribution in [1.29, 1.82) is 0 Å². The zero-order valence-electron chi connectivity index (χ0n) is 14.9. The summed E-state index contributed by atoms with van der Waals surface area (Å²) in [6, 6.07) is 12.9. The Kier molecular flexibility index (Phi) is 7.14. The van der Waals surface area contributed by atoms with Gasteiger partial charge in [0.2, 0.25) is 5.91 Å². The van der Waals surface area contributed by atoms with Gasteiger partial charge in [-0.05, 0) is 29.8 Å². The van der Waals surface area contributed by atoms with E-state index < -0.39 is 0 Å². The molecule has 0 radical (unpaired) electrons. The van der Waals surface area contributed by atoms with E-state index in [2.05, 4.69) is 10.6 Å². The zero-order chi connectivity index (χ0) is 18.9. The normalized spacial score (nSPS) is 10.5. The van der Waals surface area contributed by atoms with Crippen LogP contribution in [0.25, 0.3) is 0 Å². The van der Waals surface area contributed by atoms with E-state index in [4.69, 9.17) is 4.74 Å². The number of carbonyl (C=O) groups is 2. The van der Waals surface area contributed by atoms with Crippen LogP contribution in [0, 0.1) is 11.7 Å². The molecule has 0 aromatic heterocycles. The maximum absolute atomic E-state index is 12.9. The Balaban J connectivity index is 1.89. The smallest absolute Gasteiger partial charge is 0.255 e. The van der Waals surface area contributed by atoms with Crippen molar-refractivity contribution in [2.75, 3.05) is 13.1 Å². The van der Waals surface area contributed by atoms with Gasteiger partial charge in [0.05, 0.1) is 5.56 Å². The number of hydrogen-bond acceptors (Lipinski definition) is 3. The van der Waals surface area contributed by atoms with Crippen LogP contribution in [-0.4, -0.2) is 24.9 Å². The largest absolute Gasteiger partial charge is 0.488 e. The summed E-state index contributed by atoms with van der Waals surface area (Å²) < 4.78 is 18.6. The summed E-state index contributed by atoms with van der Waals surface area (Å²) in [5.41, 5.74) is 1.21. The predicted molar refractivity (Wildman–Crippen MR) is 97.4 cm³/mol. The molecule has 6 heteroatoms. The van der Waals surface area contributed by atoms with Crippen LogP contribution in [-0.2, 0) is 11.4 Å². The monoisotopic (exact) mass is 358 g/mol. The lowest BCUT2D eigenvalue weighted by atomic mass is 10.2. The van der Waals surface area contributed by atoms with Crippen molar-refractivity contribution in [2.45, 2.75) is 20.5 Å². The maximum Gasteiger partial charge on any atom is 0.255 e. The molecule has 0 saturated heterocycles. The molecule has 0 aliphatic heterocycles. The Morgan fingerprint density at radius 3 is 2.35 bits per heavy atom. The van der Waals surface area contributed by atoms with Crippen molar-refractivity contribution in [3.05, 3.63) is 65.5 Å². The molecular weight excluding hydrogens is 335 g/mol. The molecule has 2 aromatic rings. The standard InChI is InChI=1S/C20H23FN2O3/c1-14(2)19(24)22-11-12-23-20(25)17-5-3-4-6-18(17)26-13-15-7-9-16(21)10-8-15/h3-10,14H,11-13H2,1-2H3,(H,22,24)(H,23,25). The van der Waals surface area contributed by atoms with E-state index >= 15 is 0 Å². The highest BCUT2D eigenvalue weighted by Crippen LogP contribution is 2.19. The van der Waals surface area contributed by atoms with Crippen molar-refractivity contribution < 1.29 is 18.7 Å². The molecule has 0 heterocycles. The van der Waals surface area contributed by atoms with Gasteiger partial charge in [-0.2, -0.15) is 0 Å². The number of nitrogens with one attached hydrogen (secondary N) is 2. The Hall–Kier alpha value is -2.89. The van der Waals surface area contributed by atoms with E-state index in [-0.39, 0.29) is 30.2 Å². The molecule has 0 spiro atoms. The van der Waals surface area contributed by atoms with Crippen LogP contribution in [0.5, 0.6) is 5.75 Å². The molecule has 2 amide bonds. The second-order valence-electron chi connectivity index (χ2n) is 6.11. The number of amides is 2. The van der Waals surface area contributed by atoms with Crippen LogP contribution in [0.15, 0.2) is 48.5 Å². The van der Waals surface area contributed by atoms with Gasteiger partial charge < -0.3 is 15.4 Å². The van der Waals surface area contributed by atoms with E-state index in [9.17, 15) is 14.0 Å². The first-order chi connectivity index (χ1) is 12.5. The number of benzene rings is 2. The summed E-state index contributed by atoms with van der Waals surface area (Å²) >= 11 is 0. The molecule has 0 atom stereocenters. The Bertz CT molecular complexity index is 745. The molecule has 2 rings (SSSR count). The predicted octanol–water partition coefficient (Wildman–Crippen LogP) is 2.91. The van der Waals surface area contributed by atoms with Gasteiger partial charge in [0.25, 0.3) is 5.91 Å². The van der Waals surface area contributed by atoms with Gasteiger partial charge in [-0.3, -0.25) is 9.59 Å². The summed E-state index contributed by atoms with van der Waals surface area (Å²) in [6.45, 7) is 4.53. The minimum absolute atomic E-state index is 0.0534. The number of rotatable bonds is 8. The number of hydrogen-bond donors (Lipinski definition) is 2. The topological polar surface area (TPSA) is 67.4 Å². The van der Waals surface area contributed by atoms with Gasteiger partial charge in [0.1, 0.15) is 18.2 Å². The quantitative estimate of drug-likeness (QED) is 0.713. The molecule has 5 nitrogen and oxygen atoms in total. The Labute approximate surface area is 152 Å². The first kappa shape index (κ1) is 19.4. The van der Waals surface area contributed by atoms with Gasteiger partial charge in [-0.25, -0.2) is 4.39 Å². The number of halogens is 1. The van der Waals surface area contributed by atoms with Crippen LogP contribution < -0.4 is 15.4 Å². The Morgan fingerprint density at radius 2 is 1.65 bits per heavy atom. The van der Waals surface area contributed by atoms with Crippen LogP contribution in [0.3, 0.4) is 0 Å². The molecule has 0 aliphatic rings. The first-order valence-electron chi connectivity index (χ1n) is 8.49. The minimum Gasteiger partial charge on any atom is -0.488 e. The molecular formula is C20H23FN2O3. The van der Waals surface area contributed by atoms with Gasteiger partial charge >= 0.3 is 0 Å². The van der Waals surface area contributed by atoms with Gasteiger partial charge in [-0.1, -0.05) is 38.1 Å². The summed E-state index contributed by atoms with van der Waals surface area (Å²) in [4.78, 5) is 23.8.